The van der Waals surface area contributed by atoms with Gasteiger partial charge in [0.05, 0.1) is 16.4 Å². The molecule has 2 N–H and O–H groups in total. The second kappa shape index (κ2) is 13.4. The van der Waals surface area contributed by atoms with E-state index in [1.165, 1.54) is 4.68 Å². The van der Waals surface area contributed by atoms with Gasteiger partial charge in [0, 0.05) is 40.9 Å². The minimum atomic E-state index is -3.94. The summed E-state index contributed by atoms with van der Waals surface area (Å²) in [5.74, 6) is 5.46. The van der Waals surface area contributed by atoms with Crippen LogP contribution in [0.25, 0.3) is 16.9 Å². The number of carbonyl (C=O) groups is 2. The standard InChI is InChI=1S/C31H36Cl2N4O5S/c1-30(2,3)35-28(38)25-27(43(7,40)41)26(21-13-15-22(32)16-14-21)37(36-25)24-17-12-20(19-23(24)33)11-9-8-10-18-34-29(39)42-31(4,5)6/h12-17,19H,8,10,18H2,1-7H3,(H,34,39)(H,35,38). The van der Waals surface area contributed by atoms with Crippen LogP contribution in [-0.2, 0) is 14.6 Å². The van der Waals surface area contributed by atoms with Crippen molar-refractivity contribution in [1.29, 1.82) is 0 Å². The van der Waals surface area contributed by atoms with E-state index < -0.39 is 33.0 Å². The molecular formula is C31H36Cl2N4O5S. The van der Waals surface area contributed by atoms with Crippen molar-refractivity contribution in [3.63, 3.8) is 0 Å². The van der Waals surface area contributed by atoms with Gasteiger partial charge in [0.2, 0.25) is 0 Å². The summed E-state index contributed by atoms with van der Waals surface area (Å²) in [4.78, 5) is 24.8. The number of amides is 2. The Morgan fingerprint density at radius 2 is 1.67 bits per heavy atom. The number of hydrogen-bond donors (Lipinski definition) is 2. The first-order valence-corrected chi connectivity index (χ1v) is 16.2. The number of carbonyl (C=O) groups excluding carboxylic acids is 2. The van der Waals surface area contributed by atoms with Crippen molar-refractivity contribution in [2.24, 2.45) is 0 Å². The van der Waals surface area contributed by atoms with Crippen molar-refractivity contribution in [1.82, 2.24) is 20.4 Å². The molecule has 3 aromatic rings. The van der Waals surface area contributed by atoms with Crippen molar-refractivity contribution in [3.05, 3.63) is 63.8 Å². The van der Waals surface area contributed by atoms with Gasteiger partial charge < -0.3 is 15.4 Å². The molecule has 0 saturated heterocycles. The topological polar surface area (TPSA) is 119 Å². The van der Waals surface area contributed by atoms with Crippen LogP contribution in [0.15, 0.2) is 47.4 Å². The van der Waals surface area contributed by atoms with Crippen molar-refractivity contribution >= 4 is 45.0 Å². The van der Waals surface area contributed by atoms with Gasteiger partial charge in [-0.05, 0) is 78.3 Å². The lowest BCUT2D eigenvalue weighted by Gasteiger charge is -2.19. The van der Waals surface area contributed by atoms with Gasteiger partial charge in [0.15, 0.2) is 15.5 Å². The fraction of sp³-hybridized carbons (Fsp3) is 0.387. The van der Waals surface area contributed by atoms with E-state index in [-0.39, 0.29) is 21.3 Å². The normalized spacial score (nSPS) is 11.8. The summed E-state index contributed by atoms with van der Waals surface area (Å²) in [6, 6.07) is 11.6. The zero-order valence-electron chi connectivity index (χ0n) is 25.3. The van der Waals surface area contributed by atoms with Crippen molar-refractivity contribution < 1.29 is 22.7 Å². The van der Waals surface area contributed by atoms with Gasteiger partial charge in [-0.15, -0.1) is 0 Å². The van der Waals surface area contributed by atoms with Crippen LogP contribution in [-0.4, -0.2) is 54.1 Å². The van der Waals surface area contributed by atoms with E-state index in [9.17, 15) is 18.0 Å². The number of unbranched alkanes of at least 4 members (excludes halogenated alkanes) is 1. The first-order valence-electron chi connectivity index (χ1n) is 13.5. The number of nitrogens with one attached hydrogen (secondary N) is 2. The van der Waals surface area contributed by atoms with E-state index >= 15 is 0 Å². The Bertz CT molecular complexity index is 1670. The third-order valence-corrected chi connectivity index (χ3v) is 7.27. The number of halogens is 2. The molecule has 1 heterocycles. The maximum Gasteiger partial charge on any atom is 0.407 e. The van der Waals surface area contributed by atoms with Crippen molar-refractivity contribution in [3.8, 4) is 28.8 Å². The second-order valence-corrected chi connectivity index (χ2v) is 14.7. The monoisotopic (exact) mass is 646 g/mol. The zero-order valence-corrected chi connectivity index (χ0v) is 27.6. The Hall–Kier alpha value is -3.52. The van der Waals surface area contributed by atoms with E-state index in [0.717, 1.165) is 6.26 Å². The molecule has 2 aromatic carbocycles. The summed E-state index contributed by atoms with van der Waals surface area (Å²) in [5.41, 5.74) is 0.195. The number of benzene rings is 2. The molecule has 0 bridgehead atoms. The molecule has 1 aromatic heterocycles. The third-order valence-electron chi connectivity index (χ3n) is 5.59. The highest BCUT2D eigenvalue weighted by atomic mass is 35.5. The highest BCUT2D eigenvalue weighted by Gasteiger charge is 2.33. The molecule has 2 amide bonds. The summed E-state index contributed by atoms with van der Waals surface area (Å²) in [7, 11) is -3.94. The quantitative estimate of drug-likeness (QED) is 0.225. The molecule has 0 aliphatic carbocycles. The molecule has 0 radical (unpaired) electrons. The Balaban J connectivity index is 1.97. The molecule has 0 aliphatic rings. The van der Waals surface area contributed by atoms with E-state index in [1.54, 1.807) is 84.0 Å². The summed E-state index contributed by atoms with van der Waals surface area (Å²) < 4.78 is 32.8. The smallest absolute Gasteiger partial charge is 0.407 e. The molecule has 3 rings (SSSR count). The van der Waals surface area contributed by atoms with Crippen LogP contribution in [0.4, 0.5) is 4.79 Å². The molecule has 230 valence electrons. The number of hydrogen-bond acceptors (Lipinski definition) is 6. The minimum absolute atomic E-state index is 0.177. The average molecular weight is 648 g/mol. The van der Waals surface area contributed by atoms with E-state index in [0.29, 0.717) is 41.2 Å². The maximum atomic E-state index is 13.3. The fourth-order valence-corrected chi connectivity index (χ4v) is 5.37. The molecule has 0 fully saturated rings. The van der Waals surface area contributed by atoms with Gasteiger partial charge in [-0.3, -0.25) is 4.79 Å². The van der Waals surface area contributed by atoms with Crippen LogP contribution < -0.4 is 10.6 Å². The van der Waals surface area contributed by atoms with E-state index in [2.05, 4.69) is 27.6 Å². The van der Waals surface area contributed by atoms with Crippen LogP contribution in [0.1, 0.15) is 70.4 Å². The fourth-order valence-electron chi connectivity index (χ4n) is 3.94. The first kappa shape index (κ1) is 34.0. The second-order valence-electron chi connectivity index (χ2n) is 11.9. The lowest BCUT2D eigenvalue weighted by atomic mass is 10.1. The number of ether oxygens (including phenoxy) is 1. The SMILES string of the molecule is CC(C)(C)NC(=O)c1nn(-c2ccc(C#CCCCNC(=O)OC(C)(C)C)cc2Cl)c(-c2ccc(Cl)cc2)c1S(C)(=O)=O. The lowest BCUT2D eigenvalue weighted by Crippen LogP contribution is -2.41. The number of alkyl carbamates (subject to hydrolysis) is 1. The molecular weight excluding hydrogens is 611 g/mol. The van der Waals surface area contributed by atoms with Gasteiger partial charge in [0.1, 0.15) is 10.5 Å². The molecule has 0 aliphatic heterocycles. The highest BCUT2D eigenvalue weighted by Crippen LogP contribution is 2.35. The van der Waals surface area contributed by atoms with Crippen molar-refractivity contribution in [2.75, 3.05) is 12.8 Å². The Labute approximate surface area is 263 Å². The number of aromatic nitrogens is 2. The van der Waals surface area contributed by atoms with Crippen LogP contribution in [0.3, 0.4) is 0 Å². The average Bonchev–Trinajstić information content (AvgIpc) is 3.26. The van der Waals surface area contributed by atoms with Gasteiger partial charge in [-0.1, -0.05) is 47.2 Å². The summed E-state index contributed by atoms with van der Waals surface area (Å²) in [5, 5.41) is 10.7. The van der Waals surface area contributed by atoms with E-state index in [1.807, 2.05) is 0 Å². The third kappa shape index (κ3) is 9.75. The van der Waals surface area contributed by atoms with Crippen LogP contribution in [0.5, 0.6) is 0 Å². The maximum absolute atomic E-state index is 13.3. The minimum Gasteiger partial charge on any atom is -0.444 e. The van der Waals surface area contributed by atoms with Crippen LogP contribution >= 0.6 is 23.2 Å². The Morgan fingerprint density at radius 3 is 2.23 bits per heavy atom. The largest absolute Gasteiger partial charge is 0.444 e. The number of rotatable bonds is 7. The van der Waals surface area contributed by atoms with Gasteiger partial charge in [-0.25, -0.2) is 17.9 Å². The van der Waals surface area contributed by atoms with Crippen LogP contribution in [0.2, 0.25) is 10.0 Å². The molecule has 0 spiro atoms. The number of sulfone groups is 1. The van der Waals surface area contributed by atoms with Crippen LogP contribution in [0, 0.1) is 11.8 Å². The molecule has 43 heavy (non-hydrogen) atoms. The highest BCUT2D eigenvalue weighted by molar-refractivity contribution is 7.91. The molecule has 9 nitrogen and oxygen atoms in total. The first-order chi connectivity index (χ1) is 19.9. The lowest BCUT2D eigenvalue weighted by molar-refractivity contribution is 0.0527. The Kier molecular flexibility index (Phi) is 10.6. The van der Waals surface area contributed by atoms with Gasteiger partial charge in [-0.2, -0.15) is 5.10 Å². The van der Waals surface area contributed by atoms with Gasteiger partial charge in [0.25, 0.3) is 5.91 Å². The molecule has 0 unspecified atom stereocenters. The predicted molar refractivity (Wildman–Crippen MR) is 170 cm³/mol. The zero-order chi connectivity index (χ0) is 32.2. The van der Waals surface area contributed by atoms with E-state index in [4.69, 9.17) is 27.9 Å². The summed E-state index contributed by atoms with van der Waals surface area (Å²) >= 11 is 12.8. The predicted octanol–water partition coefficient (Wildman–Crippen LogP) is 6.43. The molecule has 0 atom stereocenters. The summed E-state index contributed by atoms with van der Waals surface area (Å²) in [6.45, 7) is 11.2. The van der Waals surface area contributed by atoms with Gasteiger partial charge >= 0.3 is 6.09 Å². The van der Waals surface area contributed by atoms with Crippen molar-refractivity contribution in [2.45, 2.75) is 70.4 Å². The molecule has 0 saturated carbocycles. The number of nitrogens with zero attached hydrogens (tertiary/aromatic N) is 2. The summed E-state index contributed by atoms with van der Waals surface area (Å²) in [6.07, 6.45) is 1.71. The molecule has 12 heteroatoms. The Morgan fingerprint density at radius 1 is 1.02 bits per heavy atom.